The van der Waals surface area contributed by atoms with E-state index in [0.717, 1.165) is 6.42 Å². The molecule has 0 unspecified atom stereocenters. The number of hydrogen-bond acceptors (Lipinski definition) is 4. The van der Waals surface area contributed by atoms with E-state index in [1.54, 1.807) is 4.90 Å². The van der Waals surface area contributed by atoms with E-state index in [2.05, 4.69) is 5.32 Å². The molecule has 1 fully saturated rings. The van der Waals surface area contributed by atoms with Gasteiger partial charge in [-0.15, -0.1) is 0 Å². The number of thiocarbonyl (C=S) groups is 1. The van der Waals surface area contributed by atoms with E-state index in [0.29, 0.717) is 18.0 Å². The Labute approximate surface area is 87.6 Å². The summed E-state index contributed by atoms with van der Waals surface area (Å²) in [5.41, 5.74) is 5.33. The second-order valence-corrected chi connectivity index (χ2v) is 3.78. The van der Waals surface area contributed by atoms with Crippen LogP contribution in [0.1, 0.15) is 12.8 Å². The lowest BCUT2D eigenvalue weighted by Gasteiger charge is -2.24. The first-order chi connectivity index (χ1) is 6.58. The first kappa shape index (κ1) is 11.1. The van der Waals surface area contributed by atoms with Crippen molar-refractivity contribution in [1.29, 1.82) is 0 Å². The van der Waals surface area contributed by atoms with Crippen LogP contribution in [0.4, 0.5) is 0 Å². The third-order valence-electron chi connectivity index (χ3n) is 1.91. The molecule has 1 aliphatic heterocycles. The van der Waals surface area contributed by atoms with Gasteiger partial charge in [0.25, 0.3) is 0 Å². The van der Waals surface area contributed by atoms with Gasteiger partial charge in [0.2, 0.25) is 11.8 Å². The number of imide groups is 1. The summed E-state index contributed by atoms with van der Waals surface area (Å²) in [6.07, 6.45) is 1.44. The maximum Gasteiger partial charge on any atom is 0.240 e. The highest BCUT2D eigenvalue weighted by Gasteiger charge is 2.21. The molecule has 0 saturated carbocycles. The van der Waals surface area contributed by atoms with Crippen LogP contribution in [-0.4, -0.2) is 41.3 Å². The minimum atomic E-state index is -0.239. The lowest BCUT2D eigenvalue weighted by molar-refractivity contribution is -0.136. The molecule has 0 aromatic heterocycles. The minimum absolute atomic E-state index is 0.239. The Balaban J connectivity index is 2.27. The zero-order valence-electron chi connectivity index (χ0n) is 7.78. The quantitative estimate of drug-likeness (QED) is 0.465. The summed E-state index contributed by atoms with van der Waals surface area (Å²) in [4.78, 5) is 24.2. The molecule has 3 N–H and O–H groups in total. The van der Waals surface area contributed by atoms with Gasteiger partial charge in [0.05, 0.1) is 18.1 Å². The molecule has 0 spiro atoms. The van der Waals surface area contributed by atoms with Crippen LogP contribution in [0.15, 0.2) is 0 Å². The summed E-state index contributed by atoms with van der Waals surface area (Å²) in [5.74, 6) is -0.479. The van der Waals surface area contributed by atoms with Gasteiger partial charge in [0.15, 0.2) is 0 Å². The van der Waals surface area contributed by atoms with Crippen molar-refractivity contribution < 1.29 is 9.59 Å². The van der Waals surface area contributed by atoms with Crippen LogP contribution in [0.2, 0.25) is 0 Å². The van der Waals surface area contributed by atoms with E-state index in [1.165, 1.54) is 0 Å². The van der Waals surface area contributed by atoms with E-state index >= 15 is 0 Å². The van der Waals surface area contributed by atoms with E-state index in [1.807, 2.05) is 0 Å². The summed E-state index contributed by atoms with van der Waals surface area (Å²) in [7, 11) is 0. The summed E-state index contributed by atoms with van der Waals surface area (Å²) in [5, 5.41) is 2.24. The molecule has 0 radical (unpaired) electrons. The van der Waals surface area contributed by atoms with Gasteiger partial charge >= 0.3 is 0 Å². The molecular formula is C8H13N3O2S. The Hall–Kier alpha value is -1.01. The molecule has 0 aromatic rings. The van der Waals surface area contributed by atoms with Crippen LogP contribution in [0.3, 0.4) is 0 Å². The van der Waals surface area contributed by atoms with Crippen LogP contribution in [-0.2, 0) is 9.59 Å². The predicted octanol–water partition coefficient (Wildman–Crippen LogP) is -0.989. The Kier molecular flexibility index (Phi) is 3.97. The number of nitrogens with two attached hydrogens (primary N) is 1. The Morgan fingerprint density at radius 1 is 1.43 bits per heavy atom. The van der Waals surface area contributed by atoms with E-state index in [-0.39, 0.29) is 24.9 Å². The van der Waals surface area contributed by atoms with Crippen molar-refractivity contribution in [2.45, 2.75) is 12.8 Å². The minimum Gasteiger partial charge on any atom is -0.393 e. The average molecular weight is 215 g/mol. The highest BCUT2D eigenvalue weighted by molar-refractivity contribution is 7.80. The average Bonchev–Trinajstić information content (AvgIpc) is 2.01. The third-order valence-corrected chi connectivity index (χ3v) is 2.11. The van der Waals surface area contributed by atoms with Crippen LogP contribution in [0.5, 0.6) is 0 Å². The summed E-state index contributed by atoms with van der Waals surface area (Å²) < 4.78 is 0. The van der Waals surface area contributed by atoms with Gasteiger partial charge in [-0.25, -0.2) is 0 Å². The number of amides is 2. The van der Waals surface area contributed by atoms with Gasteiger partial charge in [-0.3, -0.25) is 19.8 Å². The van der Waals surface area contributed by atoms with E-state index in [4.69, 9.17) is 18.0 Å². The van der Waals surface area contributed by atoms with Crippen molar-refractivity contribution >= 4 is 29.0 Å². The van der Waals surface area contributed by atoms with Gasteiger partial charge in [0.1, 0.15) is 0 Å². The smallest absolute Gasteiger partial charge is 0.240 e. The van der Waals surface area contributed by atoms with Crippen molar-refractivity contribution in [3.05, 3.63) is 0 Å². The highest BCUT2D eigenvalue weighted by atomic mass is 32.1. The largest absolute Gasteiger partial charge is 0.393 e. The lowest BCUT2D eigenvalue weighted by Crippen LogP contribution is -2.51. The van der Waals surface area contributed by atoms with Crippen molar-refractivity contribution in [3.63, 3.8) is 0 Å². The fourth-order valence-electron chi connectivity index (χ4n) is 1.33. The summed E-state index contributed by atoms with van der Waals surface area (Å²) in [6, 6.07) is 0. The monoisotopic (exact) mass is 215 g/mol. The van der Waals surface area contributed by atoms with Crippen molar-refractivity contribution in [3.8, 4) is 0 Å². The molecule has 1 rings (SSSR count). The fraction of sp³-hybridized carbons (Fsp3) is 0.625. The van der Waals surface area contributed by atoms with Gasteiger partial charge in [-0.1, -0.05) is 12.2 Å². The molecule has 0 bridgehead atoms. The van der Waals surface area contributed by atoms with Gasteiger partial charge in [-0.2, -0.15) is 0 Å². The standard InChI is InChI=1S/C8H13N3O2S/c9-6(14)2-1-3-11-4-7(12)10-8(13)5-11/h1-5H2,(H2,9,14)(H,10,12,13). The number of carbonyl (C=O) groups excluding carboxylic acids is 2. The molecule has 1 saturated heterocycles. The number of carbonyl (C=O) groups is 2. The van der Waals surface area contributed by atoms with E-state index < -0.39 is 0 Å². The lowest BCUT2D eigenvalue weighted by atomic mass is 10.2. The molecule has 5 nitrogen and oxygen atoms in total. The third kappa shape index (κ3) is 3.80. The molecule has 1 heterocycles. The summed E-state index contributed by atoms with van der Waals surface area (Å²) >= 11 is 4.72. The van der Waals surface area contributed by atoms with Crippen LogP contribution < -0.4 is 11.1 Å². The van der Waals surface area contributed by atoms with Gasteiger partial charge in [-0.05, 0) is 19.4 Å². The Morgan fingerprint density at radius 3 is 2.50 bits per heavy atom. The molecule has 0 atom stereocenters. The van der Waals surface area contributed by atoms with Crippen LogP contribution >= 0.6 is 12.2 Å². The fourth-order valence-corrected chi connectivity index (χ4v) is 1.48. The van der Waals surface area contributed by atoms with Crippen LogP contribution in [0.25, 0.3) is 0 Å². The summed E-state index contributed by atoms with van der Waals surface area (Å²) in [6.45, 7) is 1.24. The second-order valence-electron chi connectivity index (χ2n) is 3.25. The zero-order valence-corrected chi connectivity index (χ0v) is 8.60. The number of hydrogen-bond donors (Lipinski definition) is 2. The topological polar surface area (TPSA) is 75.4 Å². The van der Waals surface area contributed by atoms with Crippen molar-refractivity contribution in [2.24, 2.45) is 5.73 Å². The Morgan fingerprint density at radius 2 is 2.00 bits per heavy atom. The number of rotatable bonds is 4. The Bertz CT molecular complexity index is 251. The first-order valence-corrected chi connectivity index (χ1v) is 4.82. The maximum atomic E-state index is 11.0. The number of nitrogens with zero attached hydrogens (tertiary/aromatic N) is 1. The normalized spacial score (nSPS) is 18.0. The number of piperazine rings is 1. The first-order valence-electron chi connectivity index (χ1n) is 4.41. The molecule has 1 aliphatic rings. The molecule has 78 valence electrons. The van der Waals surface area contributed by atoms with Crippen molar-refractivity contribution in [2.75, 3.05) is 19.6 Å². The second kappa shape index (κ2) is 5.02. The van der Waals surface area contributed by atoms with Gasteiger partial charge < -0.3 is 5.73 Å². The van der Waals surface area contributed by atoms with Crippen molar-refractivity contribution in [1.82, 2.24) is 10.2 Å². The SMILES string of the molecule is NC(=S)CCCN1CC(=O)NC(=O)C1. The van der Waals surface area contributed by atoms with E-state index in [9.17, 15) is 9.59 Å². The molecule has 0 aliphatic carbocycles. The zero-order chi connectivity index (χ0) is 10.6. The number of nitrogens with one attached hydrogen (secondary N) is 1. The van der Waals surface area contributed by atoms with Gasteiger partial charge in [0, 0.05) is 0 Å². The maximum absolute atomic E-state index is 11.0. The molecular weight excluding hydrogens is 202 g/mol. The van der Waals surface area contributed by atoms with Crippen LogP contribution in [0, 0.1) is 0 Å². The molecule has 2 amide bonds. The molecule has 14 heavy (non-hydrogen) atoms. The molecule has 6 heteroatoms. The predicted molar refractivity (Wildman–Crippen MR) is 55.6 cm³/mol. The highest BCUT2D eigenvalue weighted by Crippen LogP contribution is 1.98. The molecule has 0 aromatic carbocycles.